The predicted octanol–water partition coefficient (Wildman–Crippen LogP) is 3.62. The van der Waals surface area contributed by atoms with Crippen LogP contribution in [0.4, 0.5) is 0 Å². The zero-order chi connectivity index (χ0) is 25.2. The van der Waals surface area contributed by atoms with Crippen LogP contribution in [-0.2, 0) is 15.6 Å². The Hall–Kier alpha value is -2.97. The van der Waals surface area contributed by atoms with Crippen LogP contribution in [0.15, 0.2) is 24.3 Å². The summed E-state index contributed by atoms with van der Waals surface area (Å²) < 4.78 is 16.6. The van der Waals surface area contributed by atoms with Gasteiger partial charge in [0, 0.05) is 17.5 Å². The molecule has 0 spiro atoms. The SMILES string of the molecule is CC(C)(C)c1cc([C@H]2c3cc4c(cc3O[C@@](O)(CO)[C@@H]2C(=O)O)OCO4)cc(C(C)(C)C)c1O. The van der Waals surface area contributed by atoms with E-state index in [1.807, 2.05) is 41.5 Å². The third-order valence-electron chi connectivity index (χ3n) is 6.55. The lowest BCUT2D eigenvalue weighted by Gasteiger charge is -2.43. The van der Waals surface area contributed by atoms with Crippen molar-refractivity contribution >= 4 is 5.97 Å². The summed E-state index contributed by atoms with van der Waals surface area (Å²) in [4.78, 5) is 12.5. The van der Waals surface area contributed by atoms with Crippen molar-refractivity contribution in [1.29, 1.82) is 0 Å². The highest BCUT2D eigenvalue weighted by molar-refractivity contribution is 5.76. The second-order valence-corrected chi connectivity index (χ2v) is 11.1. The van der Waals surface area contributed by atoms with Gasteiger partial charge >= 0.3 is 5.97 Å². The number of phenols is 1. The summed E-state index contributed by atoms with van der Waals surface area (Å²) in [6.45, 7) is 10.9. The maximum atomic E-state index is 12.5. The van der Waals surface area contributed by atoms with Gasteiger partial charge in [-0.25, -0.2) is 0 Å². The maximum absolute atomic E-state index is 12.5. The van der Waals surface area contributed by atoms with Gasteiger partial charge in [-0.15, -0.1) is 0 Å². The van der Waals surface area contributed by atoms with Crippen molar-refractivity contribution in [1.82, 2.24) is 0 Å². The molecule has 0 aliphatic carbocycles. The number of ether oxygens (including phenoxy) is 3. The van der Waals surface area contributed by atoms with Crippen LogP contribution in [-0.4, -0.2) is 45.6 Å². The predicted molar refractivity (Wildman–Crippen MR) is 124 cm³/mol. The van der Waals surface area contributed by atoms with Crippen molar-refractivity contribution in [3.8, 4) is 23.0 Å². The van der Waals surface area contributed by atoms with Crippen molar-refractivity contribution in [2.24, 2.45) is 5.92 Å². The molecule has 34 heavy (non-hydrogen) atoms. The minimum Gasteiger partial charge on any atom is -0.507 e. The van der Waals surface area contributed by atoms with Gasteiger partial charge in [-0.2, -0.15) is 0 Å². The number of carboxylic acid groups (broad SMARTS) is 1. The fraction of sp³-hybridized carbons (Fsp3) is 0.500. The van der Waals surface area contributed by atoms with E-state index in [9.17, 15) is 25.2 Å². The Balaban J connectivity index is 2.06. The minimum atomic E-state index is -2.38. The first-order valence-corrected chi connectivity index (χ1v) is 11.2. The number of carboxylic acids is 1. The first kappa shape index (κ1) is 24.2. The van der Waals surface area contributed by atoms with Gasteiger partial charge in [0.05, 0.1) is 0 Å². The lowest BCUT2D eigenvalue weighted by Crippen LogP contribution is -2.55. The van der Waals surface area contributed by atoms with E-state index >= 15 is 0 Å². The summed E-state index contributed by atoms with van der Waals surface area (Å²) in [5.74, 6) is -4.94. The highest BCUT2D eigenvalue weighted by Gasteiger charge is 2.54. The summed E-state index contributed by atoms with van der Waals surface area (Å²) in [6, 6.07) is 6.76. The molecule has 3 atom stereocenters. The minimum absolute atomic E-state index is 0.0110. The number of hydrogen-bond acceptors (Lipinski definition) is 7. The summed E-state index contributed by atoms with van der Waals surface area (Å²) >= 11 is 0. The number of aromatic hydroxyl groups is 1. The van der Waals surface area contributed by atoms with Gasteiger partial charge in [-0.3, -0.25) is 4.79 Å². The lowest BCUT2D eigenvalue weighted by molar-refractivity contribution is -0.220. The van der Waals surface area contributed by atoms with E-state index in [1.54, 1.807) is 24.3 Å². The van der Waals surface area contributed by atoms with E-state index in [0.29, 0.717) is 33.8 Å². The van der Waals surface area contributed by atoms with Crippen LogP contribution in [0.25, 0.3) is 0 Å². The largest absolute Gasteiger partial charge is 0.507 e. The molecule has 184 valence electrons. The standard InChI is InChI=1S/C26H32O8/c1-24(2,3)15-7-13(8-16(22(15)28)25(4,5)6)20-14-9-18-19(33-12-32-18)10-17(14)34-26(31,11-27)21(20)23(29)30/h7-10,20-21,27-28,31H,11-12H2,1-6H3,(H,29,30)/t20-,21-,26-/m0/s1. The van der Waals surface area contributed by atoms with Crippen molar-refractivity contribution < 1.29 is 39.4 Å². The molecule has 0 saturated carbocycles. The molecule has 8 nitrogen and oxygen atoms in total. The van der Waals surface area contributed by atoms with Crippen LogP contribution < -0.4 is 14.2 Å². The van der Waals surface area contributed by atoms with Crippen LogP contribution in [0, 0.1) is 5.92 Å². The molecule has 2 aliphatic rings. The zero-order valence-electron chi connectivity index (χ0n) is 20.3. The Bertz CT molecular complexity index is 1110. The maximum Gasteiger partial charge on any atom is 0.314 e. The summed E-state index contributed by atoms with van der Waals surface area (Å²) in [5, 5.41) is 42.6. The van der Waals surface area contributed by atoms with Gasteiger partial charge in [0.25, 0.3) is 0 Å². The molecule has 0 saturated heterocycles. The van der Waals surface area contributed by atoms with E-state index in [2.05, 4.69) is 0 Å². The molecule has 0 unspecified atom stereocenters. The van der Waals surface area contributed by atoms with Crippen LogP contribution >= 0.6 is 0 Å². The molecule has 2 aromatic carbocycles. The summed E-state index contributed by atoms with van der Waals surface area (Å²) in [5.41, 5.74) is 1.47. The molecule has 4 rings (SSSR count). The van der Waals surface area contributed by atoms with Crippen LogP contribution in [0.3, 0.4) is 0 Å². The number of fused-ring (bicyclic) bond motifs is 2. The number of rotatable bonds is 3. The number of benzene rings is 2. The smallest absolute Gasteiger partial charge is 0.314 e. The Morgan fingerprint density at radius 2 is 1.50 bits per heavy atom. The number of carbonyl (C=O) groups is 1. The van der Waals surface area contributed by atoms with Crippen LogP contribution in [0.1, 0.15) is 69.7 Å². The van der Waals surface area contributed by atoms with E-state index in [0.717, 1.165) is 0 Å². The average Bonchev–Trinajstić information content (AvgIpc) is 3.17. The van der Waals surface area contributed by atoms with Gasteiger partial charge in [0.15, 0.2) is 11.5 Å². The third-order valence-corrected chi connectivity index (χ3v) is 6.55. The molecule has 0 amide bonds. The Kier molecular flexibility index (Phi) is 5.53. The second-order valence-electron chi connectivity index (χ2n) is 11.1. The van der Waals surface area contributed by atoms with Crippen molar-refractivity contribution in [3.63, 3.8) is 0 Å². The van der Waals surface area contributed by atoms with Gasteiger partial charge in [-0.05, 0) is 33.6 Å². The van der Waals surface area contributed by atoms with Crippen LogP contribution in [0.5, 0.6) is 23.0 Å². The first-order chi connectivity index (χ1) is 15.7. The highest BCUT2D eigenvalue weighted by Crippen LogP contribution is 2.53. The molecule has 2 heterocycles. The van der Waals surface area contributed by atoms with Gasteiger partial charge < -0.3 is 34.6 Å². The second kappa shape index (κ2) is 7.78. The number of aliphatic hydroxyl groups is 2. The number of hydrogen-bond donors (Lipinski definition) is 4. The Morgan fingerprint density at radius 1 is 0.971 bits per heavy atom. The Labute approximate surface area is 198 Å². The third kappa shape index (κ3) is 3.84. The molecular formula is C26H32O8. The van der Waals surface area contributed by atoms with E-state index in [4.69, 9.17) is 14.2 Å². The van der Waals surface area contributed by atoms with Gasteiger partial charge in [-0.1, -0.05) is 53.7 Å². The monoisotopic (exact) mass is 472 g/mol. The summed E-state index contributed by atoms with van der Waals surface area (Å²) in [7, 11) is 0. The molecule has 2 aliphatic heterocycles. The number of aliphatic carboxylic acids is 1. The van der Waals surface area contributed by atoms with Crippen molar-refractivity contribution in [3.05, 3.63) is 46.5 Å². The lowest BCUT2D eigenvalue weighted by atomic mass is 9.70. The number of phenolic OH excluding ortho intramolecular Hbond substituents is 1. The molecule has 2 aromatic rings. The molecule has 0 radical (unpaired) electrons. The Morgan fingerprint density at radius 3 is 1.97 bits per heavy atom. The molecule has 0 fully saturated rings. The fourth-order valence-electron chi connectivity index (χ4n) is 4.78. The molecule has 0 aromatic heterocycles. The van der Waals surface area contributed by atoms with Gasteiger partial charge in [0.2, 0.25) is 12.6 Å². The van der Waals surface area contributed by atoms with Crippen LogP contribution in [0.2, 0.25) is 0 Å². The molecular weight excluding hydrogens is 440 g/mol. The van der Waals surface area contributed by atoms with E-state index < -0.39 is 41.0 Å². The molecule has 8 heteroatoms. The summed E-state index contributed by atoms with van der Waals surface area (Å²) in [6.07, 6.45) is 0. The van der Waals surface area contributed by atoms with Gasteiger partial charge in [0.1, 0.15) is 24.0 Å². The normalized spacial score (nSPS) is 23.9. The highest BCUT2D eigenvalue weighted by atomic mass is 16.7. The number of aliphatic hydroxyl groups excluding tert-OH is 1. The van der Waals surface area contributed by atoms with Crippen molar-refractivity contribution in [2.45, 2.75) is 64.1 Å². The molecule has 0 bridgehead atoms. The first-order valence-electron chi connectivity index (χ1n) is 11.2. The zero-order valence-corrected chi connectivity index (χ0v) is 20.3. The topological polar surface area (TPSA) is 126 Å². The quantitative estimate of drug-likeness (QED) is 0.534. The van der Waals surface area contributed by atoms with E-state index in [1.165, 1.54) is 0 Å². The van der Waals surface area contributed by atoms with Crippen molar-refractivity contribution in [2.75, 3.05) is 13.4 Å². The van der Waals surface area contributed by atoms with E-state index in [-0.39, 0.29) is 18.3 Å². The fourth-order valence-corrected chi connectivity index (χ4v) is 4.78. The average molecular weight is 473 g/mol. The molecule has 4 N–H and O–H groups in total.